The van der Waals surface area contributed by atoms with Crippen LogP contribution in [0, 0.1) is 11.3 Å². The van der Waals surface area contributed by atoms with Crippen molar-refractivity contribution in [3.8, 4) is 17.5 Å². The molecule has 3 aromatic rings. The summed E-state index contributed by atoms with van der Waals surface area (Å²) < 4.78 is 17.0. The van der Waals surface area contributed by atoms with Gasteiger partial charge in [0.1, 0.15) is 29.3 Å². The number of anilines is 1. The van der Waals surface area contributed by atoms with Gasteiger partial charge in [-0.15, -0.1) is 5.10 Å². The first-order chi connectivity index (χ1) is 17.5. The molecule has 1 aliphatic rings. The second kappa shape index (κ2) is 9.98. The van der Waals surface area contributed by atoms with Crippen LogP contribution in [-0.4, -0.2) is 53.5 Å². The van der Waals surface area contributed by atoms with Crippen LogP contribution < -0.4 is 15.4 Å². The van der Waals surface area contributed by atoms with Gasteiger partial charge in [-0.05, 0) is 28.1 Å². The number of carbonyl (C=O) groups is 2. The number of carbonyl (C=O) groups excluding carboxylic acids is 2. The Balaban J connectivity index is 2.01. The van der Waals surface area contributed by atoms with Crippen LogP contribution in [0.25, 0.3) is 5.69 Å². The van der Waals surface area contributed by atoms with Gasteiger partial charge in [0.25, 0.3) is 0 Å². The molecule has 0 radical (unpaired) electrons. The first-order valence-electron chi connectivity index (χ1n) is 10.5. The van der Waals surface area contributed by atoms with E-state index in [-0.39, 0.29) is 22.7 Å². The van der Waals surface area contributed by atoms with Crippen LogP contribution in [0.3, 0.4) is 0 Å². The lowest BCUT2D eigenvalue weighted by molar-refractivity contribution is -0.139. The summed E-state index contributed by atoms with van der Waals surface area (Å²) in [6.45, 7) is 0. The largest absolute Gasteiger partial charge is 0.494 e. The summed E-state index contributed by atoms with van der Waals surface area (Å²) in [7, 11) is 3.82. The Morgan fingerprint density at radius 2 is 1.78 bits per heavy atom. The fourth-order valence-corrected chi connectivity index (χ4v) is 4.05. The molecule has 1 aromatic heterocycles. The Labute approximate surface area is 205 Å². The summed E-state index contributed by atoms with van der Waals surface area (Å²) >= 11 is 0. The molecule has 0 amide bonds. The molecule has 2 N–H and O–H groups in total. The molecule has 12 nitrogen and oxygen atoms in total. The van der Waals surface area contributed by atoms with E-state index in [2.05, 4.69) is 21.6 Å². The summed E-state index contributed by atoms with van der Waals surface area (Å²) in [6.07, 6.45) is 1.39. The topological polar surface area (TPSA) is 158 Å². The summed E-state index contributed by atoms with van der Waals surface area (Å²) in [6, 6.07) is 15.7. The van der Waals surface area contributed by atoms with Crippen molar-refractivity contribution in [1.82, 2.24) is 20.2 Å². The molecule has 1 unspecified atom stereocenters. The van der Waals surface area contributed by atoms with Gasteiger partial charge in [-0.25, -0.2) is 9.59 Å². The molecule has 0 saturated heterocycles. The van der Waals surface area contributed by atoms with Crippen molar-refractivity contribution < 1.29 is 23.8 Å². The number of nitrogens with zero attached hydrogens (tertiary/aromatic N) is 6. The van der Waals surface area contributed by atoms with Crippen LogP contribution >= 0.6 is 0 Å². The third kappa shape index (κ3) is 3.98. The third-order valence-electron chi connectivity index (χ3n) is 5.63. The number of methoxy groups -OCH3 is 3. The fraction of sp³-hybridized carbons (Fsp3) is 0.167. The smallest absolute Gasteiger partial charge is 0.355 e. The van der Waals surface area contributed by atoms with Gasteiger partial charge >= 0.3 is 11.9 Å². The monoisotopic (exact) mass is 487 g/mol. The van der Waals surface area contributed by atoms with Gasteiger partial charge in [0.15, 0.2) is 0 Å². The Kier molecular flexibility index (Phi) is 6.64. The molecule has 36 heavy (non-hydrogen) atoms. The summed E-state index contributed by atoms with van der Waals surface area (Å²) in [4.78, 5) is 27.6. The predicted molar refractivity (Wildman–Crippen MR) is 125 cm³/mol. The zero-order chi connectivity index (χ0) is 25.8. The Hall–Kier alpha value is -5.18. The Bertz CT molecular complexity index is 1410. The van der Waals surface area contributed by atoms with Crippen molar-refractivity contribution >= 4 is 17.6 Å². The van der Waals surface area contributed by atoms with Crippen LogP contribution in [0.1, 0.15) is 11.5 Å². The maximum absolute atomic E-state index is 13.2. The quantitative estimate of drug-likeness (QED) is 0.503. The maximum atomic E-state index is 13.2. The van der Waals surface area contributed by atoms with E-state index in [1.54, 1.807) is 48.5 Å². The maximum Gasteiger partial charge on any atom is 0.355 e. The number of tetrazole rings is 1. The van der Waals surface area contributed by atoms with Gasteiger partial charge in [-0.3, -0.25) is 4.90 Å². The Morgan fingerprint density at radius 1 is 1.06 bits per heavy atom. The van der Waals surface area contributed by atoms with E-state index in [0.29, 0.717) is 22.7 Å². The van der Waals surface area contributed by atoms with E-state index in [9.17, 15) is 14.9 Å². The normalized spacial score (nSPS) is 15.4. The lowest BCUT2D eigenvalue weighted by Gasteiger charge is -2.36. The van der Waals surface area contributed by atoms with Crippen LogP contribution in [0.15, 0.2) is 77.5 Å². The van der Waals surface area contributed by atoms with Crippen LogP contribution in [0.4, 0.5) is 5.69 Å². The highest BCUT2D eigenvalue weighted by Gasteiger charge is 2.43. The number of benzene rings is 2. The molecule has 1 aliphatic heterocycles. The molecule has 0 fully saturated rings. The Morgan fingerprint density at radius 3 is 2.36 bits per heavy atom. The van der Waals surface area contributed by atoms with Gasteiger partial charge < -0.3 is 19.9 Å². The van der Waals surface area contributed by atoms with Gasteiger partial charge in [0, 0.05) is 6.07 Å². The lowest BCUT2D eigenvalue weighted by Crippen LogP contribution is -2.40. The van der Waals surface area contributed by atoms with E-state index < -0.39 is 17.9 Å². The standard InChI is InChI=1S/C24H21N7O5/c1-34-18-11-15(9-10-17(18)30-13-27-28-29-30)31-21(24(33)36-3)20(23(32)35-2)19(16(12-25)22(31)26)14-7-5-4-6-8-14/h4-11,13,19H,26H2,1-3H3. The molecule has 4 rings (SSSR count). The van der Waals surface area contributed by atoms with Crippen molar-refractivity contribution in [3.05, 3.63) is 83.1 Å². The molecule has 0 spiro atoms. The first kappa shape index (κ1) is 24.0. The minimum Gasteiger partial charge on any atom is -0.494 e. The highest BCUT2D eigenvalue weighted by Crippen LogP contribution is 2.44. The number of esters is 2. The van der Waals surface area contributed by atoms with Crippen molar-refractivity contribution in [1.29, 1.82) is 5.26 Å². The predicted octanol–water partition coefficient (Wildman–Crippen LogP) is 1.57. The van der Waals surface area contributed by atoms with Gasteiger partial charge in [0.2, 0.25) is 0 Å². The zero-order valence-corrected chi connectivity index (χ0v) is 19.6. The number of allylic oxidation sites excluding steroid dienone is 1. The summed E-state index contributed by atoms with van der Waals surface area (Å²) in [5, 5.41) is 21.2. The average molecular weight is 487 g/mol. The van der Waals surface area contributed by atoms with E-state index in [0.717, 1.165) is 0 Å². The van der Waals surface area contributed by atoms with Gasteiger partial charge in [-0.1, -0.05) is 30.3 Å². The third-order valence-corrected chi connectivity index (χ3v) is 5.63. The van der Waals surface area contributed by atoms with Gasteiger partial charge in [-0.2, -0.15) is 9.94 Å². The molecule has 0 bridgehead atoms. The van der Waals surface area contributed by atoms with Crippen molar-refractivity contribution in [2.75, 3.05) is 26.2 Å². The number of nitriles is 1. The number of hydrogen-bond donors (Lipinski definition) is 1. The van der Waals surface area contributed by atoms with Crippen molar-refractivity contribution in [3.63, 3.8) is 0 Å². The zero-order valence-electron chi connectivity index (χ0n) is 19.6. The van der Waals surface area contributed by atoms with Crippen LogP contribution in [0.5, 0.6) is 5.75 Å². The highest BCUT2D eigenvalue weighted by atomic mass is 16.5. The number of aromatic nitrogens is 4. The second-order valence-electron chi connectivity index (χ2n) is 7.45. The second-order valence-corrected chi connectivity index (χ2v) is 7.45. The summed E-state index contributed by atoms with van der Waals surface area (Å²) in [5.41, 5.74) is 7.69. The SMILES string of the molecule is COC(=O)C1=C(C(=O)OC)N(c2ccc(-n3cnnn3)c(OC)c2)C(N)=C(C#N)C1c1ccccc1. The van der Waals surface area contributed by atoms with Crippen molar-refractivity contribution in [2.45, 2.75) is 5.92 Å². The fourth-order valence-electron chi connectivity index (χ4n) is 4.05. The number of rotatable bonds is 6. The molecule has 0 aliphatic carbocycles. The first-order valence-corrected chi connectivity index (χ1v) is 10.5. The summed E-state index contributed by atoms with van der Waals surface area (Å²) in [5.74, 6) is -2.35. The molecule has 2 aromatic carbocycles. The number of nitrogens with two attached hydrogens (primary N) is 1. The average Bonchev–Trinajstić information content (AvgIpc) is 3.46. The highest BCUT2D eigenvalue weighted by molar-refractivity contribution is 6.06. The van der Waals surface area contributed by atoms with E-state index in [4.69, 9.17) is 19.9 Å². The van der Waals surface area contributed by atoms with E-state index >= 15 is 0 Å². The molecule has 2 heterocycles. The van der Waals surface area contributed by atoms with Crippen LogP contribution in [0.2, 0.25) is 0 Å². The lowest BCUT2D eigenvalue weighted by atomic mass is 9.81. The molecule has 182 valence electrons. The molecular weight excluding hydrogens is 466 g/mol. The minimum atomic E-state index is -0.962. The molecule has 0 saturated carbocycles. The van der Waals surface area contributed by atoms with Gasteiger partial charge in [0.05, 0.1) is 50.2 Å². The molecular formula is C24H21N7O5. The van der Waals surface area contributed by atoms with Crippen LogP contribution in [-0.2, 0) is 19.1 Å². The minimum absolute atomic E-state index is 0.0535. The molecule has 12 heteroatoms. The van der Waals surface area contributed by atoms with E-state index in [1.165, 1.54) is 37.2 Å². The molecule has 1 atom stereocenters. The number of ether oxygens (including phenoxy) is 3. The van der Waals surface area contributed by atoms with Crippen molar-refractivity contribution in [2.24, 2.45) is 5.73 Å². The van der Waals surface area contributed by atoms with E-state index in [1.807, 2.05) is 0 Å². The number of hydrogen-bond acceptors (Lipinski definition) is 11.